The number of hydrogen-bond donors (Lipinski definition) is 1. The van der Waals surface area contributed by atoms with Crippen LogP contribution in [0.3, 0.4) is 0 Å². The molecule has 1 amide bonds. The largest absolute Gasteiger partial charge is 0.344 e. The first kappa shape index (κ1) is 20.1. The summed E-state index contributed by atoms with van der Waals surface area (Å²) in [5.41, 5.74) is 6.88. The highest BCUT2D eigenvalue weighted by atomic mass is 35.5. The predicted molar refractivity (Wildman–Crippen MR) is 95.6 cm³/mol. The van der Waals surface area contributed by atoms with Crippen molar-refractivity contribution in [2.24, 2.45) is 11.7 Å². The molecular formula is C16H25ClN6O. The highest BCUT2D eigenvalue weighted by Crippen LogP contribution is 2.11. The van der Waals surface area contributed by atoms with Gasteiger partial charge in [0, 0.05) is 25.2 Å². The number of aromatic nitrogens is 4. The van der Waals surface area contributed by atoms with Crippen molar-refractivity contribution in [3.63, 3.8) is 0 Å². The summed E-state index contributed by atoms with van der Waals surface area (Å²) in [5.74, 6) is 0.866. The molecule has 0 radical (unpaired) electrons. The van der Waals surface area contributed by atoms with Gasteiger partial charge in [-0.2, -0.15) is 4.80 Å². The Hall–Kier alpha value is -1.99. The smallest absolute Gasteiger partial charge is 0.245 e. The first-order valence-corrected chi connectivity index (χ1v) is 7.80. The monoisotopic (exact) mass is 352 g/mol. The fourth-order valence-electron chi connectivity index (χ4n) is 2.06. The van der Waals surface area contributed by atoms with Crippen LogP contribution in [0.1, 0.15) is 20.3 Å². The lowest BCUT2D eigenvalue weighted by Crippen LogP contribution is -2.36. The minimum Gasteiger partial charge on any atom is -0.344 e. The molecule has 8 heteroatoms. The average Bonchev–Trinajstić information content (AvgIpc) is 3.01. The molecule has 0 aliphatic heterocycles. The Kier molecular flexibility index (Phi) is 7.81. The Morgan fingerprint density at radius 2 is 1.96 bits per heavy atom. The molecule has 24 heavy (non-hydrogen) atoms. The number of likely N-dealkylation sites (N-methyl/N-ethyl adjacent to an activating group) is 1. The number of halogens is 1. The maximum absolute atomic E-state index is 12.2. The number of rotatable bonds is 7. The Morgan fingerprint density at radius 3 is 2.58 bits per heavy atom. The van der Waals surface area contributed by atoms with E-state index in [1.807, 2.05) is 30.3 Å². The van der Waals surface area contributed by atoms with E-state index in [1.165, 1.54) is 4.80 Å². The lowest BCUT2D eigenvalue weighted by molar-refractivity contribution is -0.131. The van der Waals surface area contributed by atoms with Gasteiger partial charge in [0.25, 0.3) is 0 Å². The number of hydrogen-bond acceptors (Lipinski definition) is 5. The van der Waals surface area contributed by atoms with Crippen LogP contribution in [-0.2, 0) is 11.3 Å². The molecule has 0 aliphatic rings. The molecule has 0 aliphatic carbocycles. The van der Waals surface area contributed by atoms with E-state index >= 15 is 0 Å². The Balaban J connectivity index is 0.00000288. The third-order valence-corrected chi connectivity index (χ3v) is 3.84. The molecule has 1 aromatic heterocycles. The molecule has 1 heterocycles. The van der Waals surface area contributed by atoms with Gasteiger partial charge < -0.3 is 10.6 Å². The fraction of sp³-hybridized carbons (Fsp3) is 0.500. The second-order valence-corrected chi connectivity index (χ2v) is 6.02. The SMILES string of the molecule is CC(C)C(N)CCN(C)C(=O)Cn1nnc(-c2ccccc2)n1.Cl. The van der Waals surface area contributed by atoms with E-state index in [4.69, 9.17) is 5.73 Å². The summed E-state index contributed by atoms with van der Waals surface area (Å²) in [6.07, 6.45) is 0.778. The van der Waals surface area contributed by atoms with Gasteiger partial charge in [0.15, 0.2) is 0 Å². The molecule has 1 aromatic carbocycles. The molecule has 1 unspecified atom stereocenters. The molecule has 2 rings (SSSR count). The van der Waals surface area contributed by atoms with E-state index in [-0.39, 0.29) is 30.9 Å². The Labute approximate surface area is 148 Å². The first-order valence-electron chi connectivity index (χ1n) is 7.80. The molecule has 0 spiro atoms. The standard InChI is InChI=1S/C16H24N6O.ClH/c1-12(2)14(17)9-10-21(3)15(23)11-22-19-16(18-20-22)13-7-5-4-6-8-13;/h4-8,12,14H,9-11,17H2,1-3H3;1H. The van der Waals surface area contributed by atoms with Crippen LogP contribution in [0.15, 0.2) is 30.3 Å². The lowest BCUT2D eigenvalue weighted by atomic mass is 10.0. The van der Waals surface area contributed by atoms with E-state index < -0.39 is 0 Å². The molecule has 0 fully saturated rings. The third-order valence-electron chi connectivity index (χ3n) is 3.84. The molecule has 7 nitrogen and oxygen atoms in total. The Morgan fingerprint density at radius 1 is 1.29 bits per heavy atom. The second-order valence-electron chi connectivity index (χ2n) is 6.02. The number of benzene rings is 1. The molecule has 2 N–H and O–H groups in total. The highest BCUT2D eigenvalue weighted by molar-refractivity contribution is 5.85. The number of carbonyl (C=O) groups excluding carboxylic acids is 1. The van der Waals surface area contributed by atoms with E-state index in [2.05, 4.69) is 29.3 Å². The van der Waals surface area contributed by atoms with Gasteiger partial charge in [-0.15, -0.1) is 22.6 Å². The number of carbonyl (C=O) groups is 1. The van der Waals surface area contributed by atoms with E-state index in [1.54, 1.807) is 11.9 Å². The van der Waals surface area contributed by atoms with Crippen molar-refractivity contribution in [1.82, 2.24) is 25.1 Å². The zero-order valence-electron chi connectivity index (χ0n) is 14.3. The lowest BCUT2D eigenvalue weighted by Gasteiger charge is -2.21. The van der Waals surface area contributed by atoms with Crippen LogP contribution in [0.5, 0.6) is 0 Å². The minimum absolute atomic E-state index is 0. The number of nitrogens with two attached hydrogens (primary N) is 1. The molecular weight excluding hydrogens is 328 g/mol. The molecule has 1 atom stereocenters. The van der Waals surface area contributed by atoms with Crippen molar-refractivity contribution >= 4 is 18.3 Å². The van der Waals surface area contributed by atoms with E-state index in [0.717, 1.165) is 12.0 Å². The topological polar surface area (TPSA) is 89.9 Å². The summed E-state index contributed by atoms with van der Waals surface area (Å²) >= 11 is 0. The molecule has 0 saturated carbocycles. The number of nitrogens with zero attached hydrogens (tertiary/aromatic N) is 5. The van der Waals surface area contributed by atoms with Crippen molar-refractivity contribution in [2.75, 3.05) is 13.6 Å². The summed E-state index contributed by atoms with van der Waals surface area (Å²) in [6, 6.07) is 9.65. The second kappa shape index (κ2) is 9.34. The van der Waals surface area contributed by atoms with Gasteiger partial charge in [-0.3, -0.25) is 4.79 Å². The van der Waals surface area contributed by atoms with Crippen molar-refractivity contribution in [1.29, 1.82) is 0 Å². The van der Waals surface area contributed by atoms with Crippen LogP contribution in [0, 0.1) is 5.92 Å². The maximum Gasteiger partial charge on any atom is 0.245 e. The van der Waals surface area contributed by atoms with E-state index in [9.17, 15) is 4.79 Å². The quantitative estimate of drug-likeness (QED) is 0.817. The van der Waals surface area contributed by atoms with Crippen LogP contribution < -0.4 is 5.73 Å². The molecule has 0 bridgehead atoms. The van der Waals surface area contributed by atoms with Crippen molar-refractivity contribution in [2.45, 2.75) is 32.9 Å². The molecule has 0 saturated heterocycles. The van der Waals surface area contributed by atoms with E-state index in [0.29, 0.717) is 18.3 Å². The average molecular weight is 353 g/mol. The number of amides is 1. The fourth-order valence-corrected chi connectivity index (χ4v) is 2.06. The zero-order valence-corrected chi connectivity index (χ0v) is 15.1. The van der Waals surface area contributed by atoms with Gasteiger partial charge in [0.2, 0.25) is 11.7 Å². The summed E-state index contributed by atoms with van der Waals surface area (Å²) in [5, 5.41) is 12.2. The summed E-state index contributed by atoms with van der Waals surface area (Å²) in [7, 11) is 1.77. The minimum atomic E-state index is -0.0574. The van der Waals surface area contributed by atoms with Crippen LogP contribution in [0.25, 0.3) is 11.4 Å². The van der Waals surface area contributed by atoms with Crippen LogP contribution in [-0.4, -0.2) is 50.6 Å². The molecule has 132 valence electrons. The summed E-state index contributed by atoms with van der Waals surface area (Å²) in [6.45, 7) is 4.86. The zero-order chi connectivity index (χ0) is 16.8. The van der Waals surface area contributed by atoms with Gasteiger partial charge >= 0.3 is 0 Å². The van der Waals surface area contributed by atoms with Gasteiger partial charge in [-0.1, -0.05) is 44.2 Å². The van der Waals surface area contributed by atoms with Gasteiger partial charge in [0.1, 0.15) is 6.54 Å². The highest BCUT2D eigenvalue weighted by Gasteiger charge is 2.15. The van der Waals surface area contributed by atoms with Gasteiger partial charge in [-0.25, -0.2) is 0 Å². The van der Waals surface area contributed by atoms with Gasteiger partial charge in [0.05, 0.1) is 0 Å². The molecule has 2 aromatic rings. The third kappa shape index (κ3) is 5.58. The first-order chi connectivity index (χ1) is 11.0. The van der Waals surface area contributed by atoms with Crippen LogP contribution in [0.4, 0.5) is 0 Å². The predicted octanol–water partition coefficient (Wildman–Crippen LogP) is 1.59. The summed E-state index contributed by atoms with van der Waals surface area (Å²) in [4.78, 5) is 15.2. The van der Waals surface area contributed by atoms with Crippen molar-refractivity contribution in [3.05, 3.63) is 30.3 Å². The van der Waals surface area contributed by atoms with Crippen molar-refractivity contribution < 1.29 is 4.79 Å². The normalized spacial score (nSPS) is 11.9. The van der Waals surface area contributed by atoms with Gasteiger partial charge in [-0.05, 0) is 17.6 Å². The van der Waals surface area contributed by atoms with Crippen molar-refractivity contribution in [3.8, 4) is 11.4 Å². The Bertz CT molecular complexity index is 631. The summed E-state index contributed by atoms with van der Waals surface area (Å²) < 4.78 is 0. The van der Waals surface area contributed by atoms with Crippen LogP contribution in [0.2, 0.25) is 0 Å². The maximum atomic E-state index is 12.2. The number of tetrazole rings is 1. The van der Waals surface area contributed by atoms with Crippen LogP contribution >= 0.6 is 12.4 Å².